The van der Waals surface area contributed by atoms with Crippen LogP contribution in [0.2, 0.25) is 0 Å². The quantitative estimate of drug-likeness (QED) is 0.675. The molecule has 1 saturated heterocycles. The molecule has 1 saturated carbocycles. The first-order chi connectivity index (χ1) is 6.21. The second-order valence-electron chi connectivity index (χ2n) is 4.39. The highest BCUT2D eigenvalue weighted by atomic mass is 16.6. The van der Waals surface area contributed by atoms with Gasteiger partial charge in [-0.3, -0.25) is 0 Å². The van der Waals surface area contributed by atoms with Gasteiger partial charge in [0.05, 0.1) is 6.54 Å². The minimum Gasteiger partial charge on any atom is -0.441 e. The normalized spacial score (nSPS) is 35.6. The van der Waals surface area contributed by atoms with Gasteiger partial charge in [0.15, 0.2) is 0 Å². The second-order valence-corrected chi connectivity index (χ2v) is 4.39. The first-order valence-electron chi connectivity index (χ1n) is 5.17. The van der Waals surface area contributed by atoms with Gasteiger partial charge in [-0.15, -0.1) is 0 Å². The fourth-order valence-corrected chi connectivity index (χ4v) is 2.47. The van der Waals surface area contributed by atoms with Crippen LogP contribution in [0.1, 0.15) is 39.0 Å². The molecule has 2 fully saturated rings. The number of ether oxygens (including phenoxy) is 1. The van der Waals surface area contributed by atoms with Crippen LogP contribution in [0.15, 0.2) is 0 Å². The van der Waals surface area contributed by atoms with E-state index in [2.05, 4.69) is 12.2 Å². The van der Waals surface area contributed by atoms with Gasteiger partial charge in [-0.05, 0) is 19.8 Å². The number of nitrogens with one attached hydrogen (secondary N) is 1. The Balaban J connectivity index is 2.01. The lowest BCUT2D eigenvalue weighted by atomic mass is 9.78. The third kappa shape index (κ3) is 1.64. The van der Waals surface area contributed by atoms with Crippen molar-refractivity contribution < 1.29 is 9.53 Å². The van der Waals surface area contributed by atoms with E-state index in [1.807, 2.05) is 0 Å². The van der Waals surface area contributed by atoms with E-state index in [-0.39, 0.29) is 11.7 Å². The Morgan fingerprint density at radius 1 is 1.38 bits per heavy atom. The lowest BCUT2D eigenvalue weighted by Gasteiger charge is -2.34. The molecule has 74 valence electrons. The average molecular weight is 183 g/mol. The van der Waals surface area contributed by atoms with Crippen molar-refractivity contribution >= 4 is 6.09 Å². The van der Waals surface area contributed by atoms with Gasteiger partial charge in [-0.2, -0.15) is 0 Å². The highest BCUT2D eigenvalue weighted by molar-refractivity contribution is 5.70. The first-order valence-corrected chi connectivity index (χ1v) is 5.17. The van der Waals surface area contributed by atoms with Crippen molar-refractivity contribution in [2.24, 2.45) is 5.92 Å². The van der Waals surface area contributed by atoms with E-state index < -0.39 is 0 Å². The van der Waals surface area contributed by atoms with Gasteiger partial charge in [-0.1, -0.05) is 19.3 Å². The molecule has 0 aromatic carbocycles. The van der Waals surface area contributed by atoms with Gasteiger partial charge < -0.3 is 10.1 Å². The molecule has 0 radical (unpaired) electrons. The number of alkyl carbamates (subject to hydrolysis) is 1. The van der Waals surface area contributed by atoms with E-state index in [1.54, 1.807) is 0 Å². The van der Waals surface area contributed by atoms with Crippen molar-refractivity contribution in [3.63, 3.8) is 0 Å². The molecule has 2 aliphatic rings. The van der Waals surface area contributed by atoms with Crippen molar-refractivity contribution in [2.45, 2.75) is 44.6 Å². The minimum absolute atomic E-state index is 0.225. The molecular weight excluding hydrogens is 166 g/mol. The highest BCUT2D eigenvalue weighted by Gasteiger charge is 2.42. The summed E-state index contributed by atoms with van der Waals surface area (Å²) in [6, 6.07) is 0. The Labute approximate surface area is 78.8 Å². The average Bonchev–Trinajstić information content (AvgIpc) is 2.49. The molecule has 1 atom stereocenters. The van der Waals surface area contributed by atoms with Crippen LogP contribution in [-0.4, -0.2) is 18.2 Å². The second kappa shape index (κ2) is 3.20. The smallest absolute Gasteiger partial charge is 0.407 e. The molecular formula is C10H17NO2. The Morgan fingerprint density at radius 3 is 2.62 bits per heavy atom. The Bertz CT molecular complexity index is 211. The largest absolute Gasteiger partial charge is 0.441 e. The van der Waals surface area contributed by atoms with Crippen molar-refractivity contribution in [2.75, 3.05) is 6.54 Å². The van der Waals surface area contributed by atoms with E-state index in [9.17, 15) is 4.79 Å². The van der Waals surface area contributed by atoms with E-state index in [0.717, 1.165) is 0 Å². The number of carbonyl (C=O) groups is 1. The van der Waals surface area contributed by atoms with Crippen LogP contribution in [0, 0.1) is 5.92 Å². The van der Waals surface area contributed by atoms with Crippen LogP contribution in [0.25, 0.3) is 0 Å². The predicted molar refractivity (Wildman–Crippen MR) is 49.5 cm³/mol. The molecule has 0 aromatic heterocycles. The number of carbonyl (C=O) groups excluding carboxylic acids is 1. The van der Waals surface area contributed by atoms with Gasteiger partial charge in [0.2, 0.25) is 0 Å². The van der Waals surface area contributed by atoms with Crippen molar-refractivity contribution in [1.29, 1.82) is 0 Å². The van der Waals surface area contributed by atoms with E-state index in [0.29, 0.717) is 12.5 Å². The lowest BCUT2D eigenvalue weighted by molar-refractivity contribution is 0.00687. The number of amides is 1. The molecule has 3 nitrogen and oxygen atoms in total. The molecule has 0 bridgehead atoms. The van der Waals surface area contributed by atoms with Crippen LogP contribution in [0.4, 0.5) is 4.79 Å². The van der Waals surface area contributed by atoms with Gasteiger partial charge in [-0.25, -0.2) is 4.79 Å². The summed E-state index contributed by atoms with van der Waals surface area (Å²) in [5.74, 6) is 0.570. The first kappa shape index (κ1) is 8.85. The molecule has 2 rings (SSSR count). The van der Waals surface area contributed by atoms with E-state index in [1.165, 1.54) is 32.1 Å². The summed E-state index contributed by atoms with van der Waals surface area (Å²) < 4.78 is 5.34. The molecule has 1 aliphatic carbocycles. The summed E-state index contributed by atoms with van der Waals surface area (Å²) in [5.41, 5.74) is -0.225. The van der Waals surface area contributed by atoms with Gasteiger partial charge in [0, 0.05) is 5.92 Å². The molecule has 1 amide bonds. The van der Waals surface area contributed by atoms with Gasteiger partial charge in [0.25, 0.3) is 0 Å². The zero-order valence-electron chi connectivity index (χ0n) is 8.14. The Morgan fingerprint density at radius 2 is 2.08 bits per heavy atom. The molecule has 3 heteroatoms. The molecule has 1 N–H and O–H groups in total. The summed E-state index contributed by atoms with van der Waals surface area (Å²) in [5, 5.41) is 2.75. The summed E-state index contributed by atoms with van der Waals surface area (Å²) in [4.78, 5) is 11.0. The van der Waals surface area contributed by atoms with Crippen LogP contribution >= 0.6 is 0 Å². The van der Waals surface area contributed by atoms with Crippen LogP contribution < -0.4 is 5.32 Å². The SMILES string of the molecule is CC1(C2CCCCC2)CNC(=O)O1. The lowest BCUT2D eigenvalue weighted by Crippen LogP contribution is -2.39. The van der Waals surface area contributed by atoms with E-state index in [4.69, 9.17) is 4.74 Å². The van der Waals surface area contributed by atoms with E-state index >= 15 is 0 Å². The third-order valence-corrected chi connectivity index (χ3v) is 3.38. The number of cyclic esters (lactones) is 1. The monoisotopic (exact) mass is 183 g/mol. The zero-order valence-corrected chi connectivity index (χ0v) is 8.14. The predicted octanol–water partition coefficient (Wildman–Crippen LogP) is 2.07. The number of hydrogen-bond donors (Lipinski definition) is 1. The van der Waals surface area contributed by atoms with Crippen molar-refractivity contribution in [1.82, 2.24) is 5.32 Å². The molecule has 13 heavy (non-hydrogen) atoms. The summed E-state index contributed by atoms with van der Waals surface area (Å²) in [7, 11) is 0. The highest BCUT2D eigenvalue weighted by Crippen LogP contribution is 2.36. The standard InChI is InChI=1S/C10H17NO2/c1-10(7-11-9(12)13-10)8-5-3-2-4-6-8/h8H,2-7H2,1H3,(H,11,12). The van der Waals surface area contributed by atoms with Crippen molar-refractivity contribution in [3.8, 4) is 0 Å². The zero-order chi connectivity index (χ0) is 9.31. The summed E-state index contributed by atoms with van der Waals surface area (Å²) >= 11 is 0. The molecule has 0 aromatic rings. The topological polar surface area (TPSA) is 38.3 Å². The maximum Gasteiger partial charge on any atom is 0.407 e. The maximum atomic E-state index is 11.0. The van der Waals surface area contributed by atoms with Crippen LogP contribution in [-0.2, 0) is 4.74 Å². The van der Waals surface area contributed by atoms with Gasteiger partial charge >= 0.3 is 6.09 Å². The maximum absolute atomic E-state index is 11.0. The fourth-order valence-electron chi connectivity index (χ4n) is 2.47. The molecule has 1 aliphatic heterocycles. The van der Waals surface area contributed by atoms with Crippen LogP contribution in [0.3, 0.4) is 0 Å². The molecule has 0 spiro atoms. The van der Waals surface area contributed by atoms with Crippen molar-refractivity contribution in [3.05, 3.63) is 0 Å². The third-order valence-electron chi connectivity index (χ3n) is 3.38. The Kier molecular flexibility index (Phi) is 2.18. The molecule has 1 heterocycles. The Hall–Kier alpha value is -0.730. The number of rotatable bonds is 1. The van der Waals surface area contributed by atoms with Gasteiger partial charge in [0.1, 0.15) is 5.60 Å². The number of hydrogen-bond acceptors (Lipinski definition) is 2. The fraction of sp³-hybridized carbons (Fsp3) is 0.900. The summed E-state index contributed by atoms with van der Waals surface area (Å²) in [6.07, 6.45) is 6.11. The van der Waals surface area contributed by atoms with Crippen LogP contribution in [0.5, 0.6) is 0 Å². The minimum atomic E-state index is -0.243. The summed E-state index contributed by atoms with van der Waals surface area (Å²) in [6.45, 7) is 2.75. The molecule has 1 unspecified atom stereocenters.